The quantitative estimate of drug-likeness (QED) is 0.0200. The lowest BCUT2D eigenvalue weighted by atomic mass is 10.1. The van der Waals surface area contributed by atoms with E-state index in [1.165, 1.54) is 89.9 Å². The van der Waals surface area contributed by atoms with E-state index >= 15 is 0 Å². The van der Waals surface area contributed by atoms with Crippen molar-refractivity contribution in [2.75, 3.05) is 13.2 Å². The van der Waals surface area contributed by atoms with Crippen LogP contribution >= 0.6 is 0 Å². The standard InChI is InChI=1S/C54H90O6/c1-4-7-10-13-16-19-22-24-25-26-27-28-29-31-32-35-38-41-44-47-53(56)59-50-51(49-58-52(55)46-43-40-37-34-21-18-15-12-9-6-3)60-54(57)48-45-42-39-36-33-30-23-20-17-14-11-8-5-2/h7-8,10-11,14,16-17,19-20,23-25,30,33,51H,4-6,9,12-13,15,18,21-22,26-29,31-32,34-50H2,1-3H3/b10-7-,11-8-,17-14-,19-16-,23-20-,25-24-,33-30-. The van der Waals surface area contributed by atoms with Gasteiger partial charge in [-0.3, -0.25) is 14.4 Å². The number of hydrogen-bond acceptors (Lipinski definition) is 6. The van der Waals surface area contributed by atoms with Gasteiger partial charge in [0.25, 0.3) is 0 Å². The molecule has 0 saturated heterocycles. The monoisotopic (exact) mass is 835 g/mol. The Kier molecular flexibility index (Phi) is 45.5. The molecular weight excluding hydrogens is 745 g/mol. The van der Waals surface area contributed by atoms with Crippen molar-refractivity contribution in [2.24, 2.45) is 0 Å². The molecule has 0 spiro atoms. The minimum Gasteiger partial charge on any atom is -0.462 e. The lowest BCUT2D eigenvalue weighted by molar-refractivity contribution is -0.167. The van der Waals surface area contributed by atoms with Crippen molar-refractivity contribution in [3.63, 3.8) is 0 Å². The topological polar surface area (TPSA) is 78.9 Å². The maximum Gasteiger partial charge on any atom is 0.306 e. The van der Waals surface area contributed by atoms with Crippen LogP contribution in [-0.2, 0) is 28.6 Å². The van der Waals surface area contributed by atoms with E-state index in [4.69, 9.17) is 14.2 Å². The zero-order valence-corrected chi connectivity index (χ0v) is 38.9. The van der Waals surface area contributed by atoms with Crippen LogP contribution in [0.1, 0.15) is 220 Å². The first-order valence-electron chi connectivity index (χ1n) is 24.6. The summed E-state index contributed by atoms with van der Waals surface area (Å²) >= 11 is 0. The third kappa shape index (κ3) is 45.7. The van der Waals surface area contributed by atoms with Gasteiger partial charge in [0.15, 0.2) is 6.10 Å². The van der Waals surface area contributed by atoms with Crippen LogP contribution in [0, 0.1) is 0 Å². The van der Waals surface area contributed by atoms with Gasteiger partial charge in [0.05, 0.1) is 0 Å². The predicted octanol–water partition coefficient (Wildman–Crippen LogP) is 16.0. The number of carbonyl (C=O) groups excluding carboxylic acids is 3. The molecule has 0 aromatic carbocycles. The smallest absolute Gasteiger partial charge is 0.306 e. The largest absolute Gasteiger partial charge is 0.462 e. The van der Waals surface area contributed by atoms with E-state index in [2.05, 4.69) is 69.4 Å². The van der Waals surface area contributed by atoms with E-state index in [-0.39, 0.29) is 37.5 Å². The summed E-state index contributed by atoms with van der Waals surface area (Å²) in [7, 11) is 0. The van der Waals surface area contributed by atoms with Gasteiger partial charge in [0.2, 0.25) is 0 Å². The van der Waals surface area contributed by atoms with Gasteiger partial charge in [0.1, 0.15) is 13.2 Å². The Morgan fingerprint density at radius 1 is 0.367 bits per heavy atom. The van der Waals surface area contributed by atoms with Gasteiger partial charge < -0.3 is 14.2 Å². The Balaban J connectivity index is 4.38. The molecule has 0 saturated carbocycles. The van der Waals surface area contributed by atoms with Gasteiger partial charge in [-0.05, 0) is 70.6 Å². The number of carbonyl (C=O) groups is 3. The van der Waals surface area contributed by atoms with Crippen LogP contribution in [0.15, 0.2) is 85.1 Å². The molecule has 1 atom stereocenters. The molecule has 342 valence electrons. The van der Waals surface area contributed by atoms with E-state index in [0.717, 1.165) is 83.5 Å². The number of ether oxygens (including phenoxy) is 3. The molecular formula is C54H90O6. The second-order valence-corrected chi connectivity index (χ2v) is 16.1. The minimum absolute atomic E-state index is 0.0935. The van der Waals surface area contributed by atoms with Crippen LogP contribution in [0.4, 0.5) is 0 Å². The molecule has 0 heterocycles. The summed E-state index contributed by atoms with van der Waals surface area (Å²) in [5, 5.41) is 0. The SMILES string of the molecule is CC\C=C/C=C\C=C/C=C\CCCCCC(=O)OC(COC(=O)CCCCCCCCCCCC)COC(=O)CCCCCCCCCCC/C=C\C/C=C\C/C=C\CC. The first-order valence-corrected chi connectivity index (χ1v) is 24.6. The molecule has 0 amide bonds. The van der Waals surface area contributed by atoms with Crippen molar-refractivity contribution in [3.05, 3.63) is 85.1 Å². The number of unbranched alkanes of at least 4 members (excludes halogenated alkanes) is 21. The van der Waals surface area contributed by atoms with Gasteiger partial charge in [-0.15, -0.1) is 0 Å². The summed E-state index contributed by atoms with van der Waals surface area (Å²) in [6.07, 6.45) is 61.4. The molecule has 0 N–H and O–H groups in total. The number of rotatable bonds is 43. The second-order valence-electron chi connectivity index (χ2n) is 16.1. The molecule has 0 aromatic heterocycles. The van der Waals surface area contributed by atoms with Crippen molar-refractivity contribution in [2.45, 2.75) is 226 Å². The summed E-state index contributed by atoms with van der Waals surface area (Å²) < 4.78 is 16.7. The highest BCUT2D eigenvalue weighted by atomic mass is 16.6. The summed E-state index contributed by atoms with van der Waals surface area (Å²) in [6, 6.07) is 0. The van der Waals surface area contributed by atoms with Crippen molar-refractivity contribution in [1.82, 2.24) is 0 Å². The highest BCUT2D eigenvalue weighted by Gasteiger charge is 2.19. The zero-order chi connectivity index (χ0) is 43.7. The highest BCUT2D eigenvalue weighted by molar-refractivity contribution is 5.71. The lowest BCUT2D eigenvalue weighted by Gasteiger charge is -2.18. The van der Waals surface area contributed by atoms with E-state index in [1.54, 1.807) is 0 Å². The van der Waals surface area contributed by atoms with Crippen LogP contribution in [0.5, 0.6) is 0 Å². The third-order valence-electron chi connectivity index (χ3n) is 10.2. The van der Waals surface area contributed by atoms with Crippen LogP contribution in [0.3, 0.4) is 0 Å². The second kappa shape index (κ2) is 48.3. The number of esters is 3. The van der Waals surface area contributed by atoms with Gasteiger partial charge in [-0.1, -0.05) is 215 Å². The van der Waals surface area contributed by atoms with Gasteiger partial charge >= 0.3 is 17.9 Å². The normalized spacial score (nSPS) is 12.8. The van der Waals surface area contributed by atoms with Crippen LogP contribution in [-0.4, -0.2) is 37.2 Å². The maximum absolute atomic E-state index is 12.7. The molecule has 6 nitrogen and oxygen atoms in total. The molecule has 0 fully saturated rings. The highest BCUT2D eigenvalue weighted by Crippen LogP contribution is 2.14. The van der Waals surface area contributed by atoms with Crippen molar-refractivity contribution in [1.29, 1.82) is 0 Å². The molecule has 0 aliphatic carbocycles. The molecule has 0 aliphatic heterocycles. The average Bonchev–Trinajstić information content (AvgIpc) is 3.24. The number of hydrogen-bond donors (Lipinski definition) is 0. The van der Waals surface area contributed by atoms with Crippen LogP contribution in [0.2, 0.25) is 0 Å². The Morgan fingerprint density at radius 2 is 0.733 bits per heavy atom. The van der Waals surface area contributed by atoms with Crippen LogP contribution in [0.25, 0.3) is 0 Å². The fraction of sp³-hybridized carbons (Fsp3) is 0.685. The summed E-state index contributed by atoms with van der Waals surface area (Å²) in [4.78, 5) is 37.8. The van der Waals surface area contributed by atoms with Crippen molar-refractivity contribution < 1.29 is 28.6 Å². The third-order valence-corrected chi connectivity index (χ3v) is 10.2. The lowest BCUT2D eigenvalue weighted by Crippen LogP contribution is -2.30. The summed E-state index contributed by atoms with van der Waals surface area (Å²) in [6.45, 7) is 6.33. The molecule has 0 aliphatic rings. The predicted molar refractivity (Wildman–Crippen MR) is 256 cm³/mol. The van der Waals surface area contributed by atoms with Crippen molar-refractivity contribution >= 4 is 17.9 Å². The first-order chi connectivity index (χ1) is 29.5. The molecule has 0 radical (unpaired) electrons. The average molecular weight is 835 g/mol. The summed E-state index contributed by atoms with van der Waals surface area (Å²) in [5.74, 6) is -0.943. The zero-order valence-electron chi connectivity index (χ0n) is 38.9. The number of allylic oxidation sites excluding steroid dienone is 14. The molecule has 0 aromatic rings. The summed E-state index contributed by atoms with van der Waals surface area (Å²) in [5.41, 5.74) is 0. The molecule has 0 bridgehead atoms. The van der Waals surface area contributed by atoms with Gasteiger partial charge in [0, 0.05) is 19.3 Å². The molecule has 60 heavy (non-hydrogen) atoms. The maximum atomic E-state index is 12.7. The Labute approximate surface area is 369 Å². The Bertz CT molecular complexity index is 1190. The van der Waals surface area contributed by atoms with E-state index in [1.807, 2.05) is 36.5 Å². The Morgan fingerprint density at radius 3 is 1.23 bits per heavy atom. The molecule has 0 rings (SSSR count). The van der Waals surface area contributed by atoms with Gasteiger partial charge in [-0.25, -0.2) is 0 Å². The van der Waals surface area contributed by atoms with E-state index < -0.39 is 6.10 Å². The Hall–Kier alpha value is -3.41. The van der Waals surface area contributed by atoms with Crippen molar-refractivity contribution in [3.8, 4) is 0 Å². The van der Waals surface area contributed by atoms with E-state index in [0.29, 0.717) is 19.3 Å². The van der Waals surface area contributed by atoms with Crippen LogP contribution < -0.4 is 0 Å². The first kappa shape index (κ1) is 56.6. The van der Waals surface area contributed by atoms with E-state index in [9.17, 15) is 14.4 Å². The minimum atomic E-state index is -0.796. The van der Waals surface area contributed by atoms with Gasteiger partial charge in [-0.2, -0.15) is 0 Å². The fourth-order valence-electron chi connectivity index (χ4n) is 6.58. The molecule has 1 unspecified atom stereocenters. The fourth-order valence-corrected chi connectivity index (χ4v) is 6.58. The molecule has 6 heteroatoms.